The summed E-state index contributed by atoms with van der Waals surface area (Å²) < 4.78 is 0. The van der Waals surface area contributed by atoms with E-state index in [4.69, 9.17) is 5.73 Å². The first kappa shape index (κ1) is 14.6. The van der Waals surface area contributed by atoms with Crippen LogP contribution in [0.25, 0.3) is 0 Å². The molecule has 3 N–H and O–H groups in total. The highest BCUT2D eigenvalue weighted by Crippen LogP contribution is 2.32. The van der Waals surface area contributed by atoms with Gasteiger partial charge >= 0.3 is 0 Å². The average Bonchev–Trinajstić information content (AvgIpc) is 2.74. The van der Waals surface area contributed by atoms with Crippen molar-refractivity contribution in [3.8, 4) is 0 Å². The Kier molecular flexibility index (Phi) is 4.06. The monoisotopic (exact) mass is 308 g/mol. The van der Waals surface area contributed by atoms with E-state index in [9.17, 15) is 4.79 Å². The molecule has 1 aliphatic heterocycles. The zero-order valence-corrected chi connectivity index (χ0v) is 13.6. The molecule has 116 valence electrons. The number of anilines is 2. The first-order chi connectivity index (χ1) is 10.0. The summed E-state index contributed by atoms with van der Waals surface area (Å²) in [4.78, 5) is 19.6. The standard InChI is InChI=1S/C15H24N4OS/c1-9-6-7-19(10(2)8-9)14(20)12-13(16)18-15(21-12)17-11-4-3-5-11/h9-11H,3-8,16H2,1-2H3,(H,17,18). The fourth-order valence-electron chi connectivity index (χ4n) is 3.11. The van der Waals surface area contributed by atoms with Crippen molar-refractivity contribution in [1.82, 2.24) is 9.88 Å². The lowest BCUT2D eigenvalue weighted by Crippen LogP contribution is -2.44. The topological polar surface area (TPSA) is 71.2 Å². The van der Waals surface area contributed by atoms with Gasteiger partial charge in [-0.3, -0.25) is 4.79 Å². The van der Waals surface area contributed by atoms with E-state index in [0.29, 0.717) is 22.7 Å². The Bertz CT molecular complexity index is 526. The highest BCUT2D eigenvalue weighted by atomic mass is 32.1. The van der Waals surface area contributed by atoms with Crippen LogP contribution in [0.3, 0.4) is 0 Å². The molecular formula is C15H24N4OS. The Balaban J connectivity index is 1.71. The number of amides is 1. The number of rotatable bonds is 3. The maximum atomic E-state index is 12.7. The molecule has 2 atom stereocenters. The molecule has 6 heteroatoms. The third-order valence-corrected chi connectivity index (χ3v) is 5.67. The van der Waals surface area contributed by atoms with Crippen molar-refractivity contribution >= 4 is 28.2 Å². The molecule has 1 aliphatic carbocycles. The normalized spacial score (nSPS) is 26.5. The van der Waals surface area contributed by atoms with Crippen molar-refractivity contribution in [3.05, 3.63) is 4.88 Å². The van der Waals surface area contributed by atoms with Gasteiger partial charge in [0, 0.05) is 18.6 Å². The molecule has 1 aromatic heterocycles. The smallest absolute Gasteiger partial charge is 0.268 e. The van der Waals surface area contributed by atoms with Gasteiger partial charge in [-0.05, 0) is 44.9 Å². The molecule has 3 rings (SSSR count). The molecule has 0 radical (unpaired) electrons. The molecule has 2 unspecified atom stereocenters. The van der Waals surface area contributed by atoms with Crippen molar-refractivity contribution in [1.29, 1.82) is 0 Å². The van der Waals surface area contributed by atoms with Gasteiger partial charge in [-0.1, -0.05) is 18.3 Å². The summed E-state index contributed by atoms with van der Waals surface area (Å²) in [5.41, 5.74) is 5.97. The highest BCUT2D eigenvalue weighted by molar-refractivity contribution is 7.18. The maximum absolute atomic E-state index is 12.7. The van der Waals surface area contributed by atoms with E-state index >= 15 is 0 Å². The van der Waals surface area contributed by atoms with Gasteiger partial charge in [0.15, 0.2) is 5.13 Å². The molecule has 0 spiro atoms. The molecule has 1 amide bonds. The van der Waals surface area contributed by atoms with E-state index in [-0.39, 0.29) is 11.9 Å². The van der Waals surface area contributed by atoms with Crippen LogP contribution in [0.1, 0.15) is 55.6 Å². The van der Waals surface area contributed by atoms with Crippen LogP contribution in [0.4, 0.5) is 10.9 Å². The van der Waals surface area contributed by atoms with Crippen molar-refractivity contribution < 1.29 is 4.79 Å². The number of nitrogens with two attached hydrogens (primary N) is 1. The van der Waals surface area contributed by atoms with E-state index in [1.165, 1.54) is 30.6 Å². The molecule has 1 aromatic rings. The lowest BCUT2D eigenvalue weighted by atomic mass is 9.93. The number of piperidine rings is 1. The lowest BCUT2D eigenvalue weighted by molar-refractivity contribution is 0.0594. The summed E-state index contributed by atoms with van der Waals surface area (Å²) in [5.74, 6) is 1.11. The van der Waals surface area contributed by atoms with Gasteiger partial charge < -0.3 is 16.0 Å². The molecule has 1 saturated heterocycles. The summed E-state index contributed by atoms with van der Waals surface area (Å²) >= 11 is 1.40. The van der Waals surface area contributed by atoms with Crippen molar-refractivity contribution in [2.45, 2.75) is 58.0 Å². The van der Waals surface area contributed by atoms with Crippen LogP contribution in [0.15, 0.2) is 0 Å². The number of nitrogen functional groups attached to an aromatic ring is 1. The number of thiazole rings is 1. The van der Waals surface area contributed by atoms with Gasteiger partial charge in [-0.2, -0.15) is 0 Å². The predicted molar refractivity (Wildman–Crippen MR) is 86.7 cm³/mol. The number of nitrogens with one attached hydrogen (secondary N) is 1. The van der Waals surface area contributed by atoms with Gasteiger partial charge in [-0.25, -0.2) is 4.98 Å². The van der Waals surface area contributed by atoms with Crippen LogP contribution in [0.2, 0.25) is 0 Å². The molecule has 1 saturated carbocycles. The number of likely N-dealkylation sites (tertiary alicyclic amines) is 1. The summed E-state index contributed by atoms with van der Waals surface area (Å²) in [6.45, 7) is 5.20. The second-order valence-electron chi connectivity index (χ2n) is 6.48. The molecule has 21 heavy (non-hydrogen) atoms. The van der Waals surface area contributed by atoms with E-state index in [2.05, 4.69) is 24.1 Å². The van der Waals surface area contributed by atoms with Gasteiger partial charge in [0.05, 0.1) is 0 Å². The summed E-state index contributed by atoms with van der Waals surface area (Å²) in [5, 5.41) is 4.16. The van der Waals surface area contributed by atoms with Crippen molar-refractivity contribution in [3.63, 3.8) is 0 Å². The minimum Gasteiger partial charge on any atom is -0.382 e. The van der Waals surface area contributed by atoms with Crippen LogP contribution in [-0.2, 0) is 0 Å². The van der Waals surface area contributed by atoms with Gasteiger partial charge in [-0.15, -0.1) is 0 Å². The molecule has 2 heterocycles. The third kappa shape index (κ3) is 3.00. The number of hydrogen-bond donors (Lipinski definition) is 2. The zero-order chi connectivity index (χ0) is 15.0. The maximum Gasteiger partial charge on any atom is 0.268 e. The largest absolute Gasteiger partial charge is 0.382 e. The van der Waals surface area contributed by atoms with Crippen LogP contribution in [-0.4, -0.2) is 34.4 Å². The van der Waals surface area contributed by atoms with Crippen LogP contribution in [0.5, 0.6) is 0 Å². The quantitative estimate of drug-likeness (QED) is 0.900. The van der Waals surface area contributed by atoms with E-state index < -0.39 is 0 Å². The van der Waals surface area contributed by atoms with Crippen molar-refractivity contribution in [2.24, 2.45) is 5.92 Å². The Morgan fingerprint density at radius 1 is 1.38 bits per heavy atom. The number of hydrogen-bond acceptors (Lipinski definition) is 5. The van der Waals surface area contributed by atoms with E-state index in [1.807, 2.05) is 4.90 Å². The number of nitrogens with zero attached hydrogens (tertiary/aromatic N) is 2. The fourth-order valence-corrected chi connectivity index (χ4v) is 4.03. The van der Waals surface area contributed by atoms with Crippen molar-refractivity contribution in [2.75, 3.05) is 17.6 Å². The molecule has 2 aliphatic rings. The van der Waals surface area contributed by atoms with Crippen LogP contribution < -0.4 is 11.1 Å². The van der Waals surface area contributed by atoms with Crippen LogP contribution >= 0.6 is 11.3 Å². The molecular weight excluding hydrogens is 284 g/mol. The Morgan fingerprint density at radius 2 is 2.14 bits per heavy atom. The van der Waals surface area contributed by atoms with Gasteiger partial charge in [0.25, 0.3) is 5.91 Å². The number of carbonyl (C=O) groups excluding carboxylic acids is 1. The molecule has 0 bridgehead atoms. The summed E-state index contributed by atoms with van der Waals surface area (Å²) in [6, 6.07) is 0.791. The number of aromatic nitrogens is 1. The van der Waals surface area contributed by atoms with Gasteiger partial charge in [0.2, 0.25) is 0 Å². The Morgan fingerprint density at radius 3 is 2.76 bits per heavy atom. The first-order valence-corrected chi connectivity index (χ1v) is 8.70. The minimum absolute atomic E-state index is 0.0473. The minimum atomic E-state index is 0.0473. The second-order valence-corrected chi connectivity index (χ2v) is 7.48. The molecule has 2 fully saturated rings. The first-order valence-electron chi connectivity index (χ1n) is 7.88. The molecule has 0 aromatic carbocycles. The van der Waals surface area contributed by atoms with E-state index in [0.717, 1.165) is 24.5 Å². The van der Waals surface area contributed by atoms with Gasteiger partial charge in [0.1, 0.15) is 10.7 Å². The lowest BCUT2D eigenvalue weighted by Gasteiger charge is -2.36. The average molecular weight is 308 g/mol. The molecule has 5 nitrogen and oxygen atoms in total. The van der Waals surface area contributed by atoms with Crippen LogP contribution in [0, 0.1) is 5.92 Å². The highest BCUT2D eigenvalue weighted by Gasteiger charge is 2.30. The fraction of sp³-hybridized carbons (Fsp3) is 0.733. The Hall–Kier alpha value is -1.30. The SMILES string of the molecule is CC1CCN(C(=O)c2sc(NC3CCC3)nc2N)C(C)C1. The Labute approximate surface area is 129 Å². The third-order valence-electron chi connectivity index (χ3n) is 4.68. The predicted octanol–water partition coefficient (Wildman–Crippen LogP) is 2.95. The summed E-state index contributed by atoms with van der Waals surface area (Å²) in [7, 11) is 0. The number of carbonyl (C=O) groups is 1. The zero-order valence-electron chi connectivity index (χ0n) is 12.8. The van der Waals surface area contributed by atoms with E-state index in [1.54, 1.807) is 0 Å². The summed E-state index contributed by atoms with van der Waals surface area (Å²) in [6.07, 6.45) is 5.78. The second kappa shape index (κ2) is 5.83.